The minimum absolute atomic E-state index is 0.0977. The predicted molar refractivity (Wildman–Crippen MR) is 75.9 cm³/mol. The van der Waals surface area contributed by atoms with Crippen LogP contribution in [0, 0.1) is 0 Å². The van der Waals surface area contributed by atoms with Crippen molar-refractivity contribution in [2.45, 2.75) is 32.2 Å². The molecule has 2 rings (SSSR count). The molecule has 0 aliphatic heterocycles. The van der Waals surface area contributed by atoms with Crippen molar-refractivity contribution < 1.29 is 9.53 Å². The van der Waals surface area contributed by atoms with E-state index in [9.17, 15) is 4.79 Å². The molecule has 0 fully saturated rings. The molecule has 0 saturated heterocycles. The third-order valence-corrected chi connectivity index (χ3v) is 3.46. The Balaban J connectivity index is 2.14. The molecule has 0 aliphatic rings. The highest BCUT2D eigenvalue weighted by molar-refractivity contribution is 5.83. The molecule has 102 valence electrons. The molecule has 0 radical (unpaired) electrons. The van der Waals surface area contributed by atoms with E-state index >= 15 is 0 Å². The fraction of sp³-hybridized carbons (Fsp3) is 0.400. The van der Waals surface area contributed by atoms with Gasteiger partial charge in [-0.3, -0.25) is 4.79 Å². The molecule has 4 nitrogen and oxygen atoms in total. The zero-order valence-electron chi connectivity index (χ0n) is 11.3. The van der Waals surface area contributed by atoms with E-state index in [1.54, 1.807) is 6.92 Å². The molecule has 0 spiro atoms. The fourth-order valence-electron chi connectivity index (χ4n) is 2.29. The van der Waals surface area contributed by atoms with Crippen LogP contribution >= 0.6 is 0 Å². The van der Waals surface area contributed by atoms with Crippen molar-refractivity contribution in [1.82, 2.24) is 4.98 Å². The number of esters is 1. The van der Waals surface area contributed by atoms with E-state index in [4.69, 9.17) is 10.5 Å². The van der Waals surface area contributed by atoms with Gasteiger partial charge in [0.15, 0.2) is 0 Å². The molecular formula is C15H20N2O2. The molecule has 0 amide bonds. The number of aromatic nitrogens is 1. The van der Waals surface area contributed by atoms with E-state index in [1.165, 1.54) is 0 Å². The lowest BCUT2D eigenvalue weighted by Crippen LogP contribution is -2.30. The number of carbonyl (C=O) groups is 1. The second-order valence-corrected chi connectivity index (χ2v) is 4.75. The van der Waals surface area contributed by atoms with Crippen molar-refractivity contribution in [3.05, 3.63) is 36.0 Å². The SMILES string of the molecule is CCOC(=O)CC(N)[C@H](C)c1c[nH]c2ccccc12. The van der Waals surface area contributed by atoms with Gasteiger partial charge in [-0.05, 0) is 24.5 Å². The molecule has 1 unspecified atom stereocenters. The van der Waals surface area contributed by atoms with Crippen molar-refractivity contribution in [3.8, 4) is 0 Å². The van der Waals surface area contributed by atoms with Gasteiger partial charge in [0, 0.05) is 23.1 Å². The van der Waals surface area contributed by atoms with Crippen LogP contribution in [0.4, 0.5) is 0 Å². The maximum absolute atomic E-state index is 11.5. The van der Waals surface area contributed by atoms with Gasteiger partial charge in [-0.15, -0.1) is 0 Å². The van der Waals surface area contributed by atoms with Gasteiger partial charge >= 0.3 is 5.97 Å². The highest BCUT2D eigenvalue weighted by atomic mass is 16.5. The van der Waals surface area contributed by atoms with Crippen LogP contribution in [0.25, 0.3) is 10.9 Å². The molecular weight excluding hydrogens is 240 g/mol. The Morgan fingerprint density at radius 1 is 1.42 bits per heavy atom. The standard InChI is InChI=1S/C15H20N2O2/c1-3-19-15(18)8-13(16)10(2)12-9-17-14-7-5-4-6-11(12)14/h4-7,9-10,13,17H,3,8,16H2,1-2H3/t10-,13?/m1/s1. The number of nitrogens with one attached hydrogen (secondary N) is 1. The fourth-order valence-corrected chi connectivity index (χ4v) is 2.29. The second kappa shape index (κ2) is 5.89. The Labute approximate surface area is 112 Å². The molecule has 19 heavy (non-hydrogen) atoms. The topological polar surface area (TPSA) is 68.1 Å². The number of H-pyrrole nitrogens is 1. The quantitative estimate of drug-likeness (QED) is 0.812. The van der Waals surface area contributed by atoms with E-state index in [1.807, 2.05) is 31.3 Å². The first kappa shape index (κ1) is 13.6. The molecule has 4 heteroatoms. The molecule has 0 saturated carbocycles. The number of aromatic amines is 1. The predicted octanol–water partition coefficient (Wildman–Crippen LogP) is 2.55. The van der Waals surface area contributed by atoms with E-state index in [0.717, 1.165) is 16.5 Å². The zero-order valence-corrected chi connectivity index (χ0v) is 11.3. The van der Waals surface area contributed by atoms with Crippen LogP contribution in [0.5, 0.6) is 0 Å². The Kier molecular flexibility index (Phi) is 4.22. The lowest BCUT2D eigenvalue weighted by molar-refractivity contribution is -0.143. The van der Waals surface area contributed by atoms with Crippen molar-refractivity contribution in [1.29, 1.82) is 0 Å². The Morgan fingerprint density at radius 2 is 2.16 bits per heavy atom. The van der Waals surface area contributed by atoms with E-state index < -0.39 is 0 Å². The van der Waals surface area contributed by atoms with Gasteiger partial charge in [0.25, 0.3) is 0 Å². The summed E-state index contributed by atoms with van der Waals surface area (Å²) in [4.78, 5) is 14.7. The molecule has 0 bridgehead atoms. The van der Waals surface area contributed by atoms with Gasteiger partial charge in [0.1, 0.15) is 0 Å². The summed E-state index contributed by atoms with van der Waals surface area (Å²) in [6.07, 6.45) is 2.22. The van der Waals surface area contributed by atoms with Gasteiger partial charge in [0.2, 0.25) is 0 Å². The minimum atomic E-state index is -0.238. The number of hydrogen-bond acceptors (Lipinski definition) is 3. The molecule has 0 aliphatic carbocycles. The molecule has 2 aromatic rings. The third kappa shape index (κ3) is 2.96. The van der Waals surface area contributed by atoms with Crippen molar-refractivity contribution in [2.24, 2.45) is 5.73 Å². The summed E-state index contributed by atoms with van der Waals surface area (Å²) in [5.41, 5.74) is 8.35. The van der Waals surface area contributed by atoms with Crippen LogP contribution in [0.3, 0.4) is 0 Å². The smallest absolute Gasteiger partial charge is 0.307 e. The first-order chi connectivity index (χ1) is 9.13. The second-order valence-electron chi connectivity index (χ2n) is 4.75. The number of carbonyl (C=O) groups excluding carboxylic acids is 1. The van der Waals surface area contributed by atoms with Gasteiger partial charge < -0.3 is 15.5 Å². The Hall–Kier alpha value is -1.81. The highest BCUT2D eigenvalue weighted by Gasteiger charge is 2.21. The van der Waals surface area contributed by atoms with Crippen molar-refractivity contribution in [3.63, 3.8) is 0 Å². The Bertz CT molecular complexity index is 562. The summed E-state index contributed by atoms with van der Waals surface area (Å²) in [5, 5.41) is 1.16. The van der Waals surface area contributed by atoms with Crippen LogP contribution in [-0.2, 0) is 9.53 Å². The largest absolute Gasteiger partial charge is 0.466 e. The molecule has 3 N–H and O–H groups in total. The summed E-state index contributed by atoms with van der Waals surface area (Å²) < 4.78 is 4.94. The summed E-state index contributed by atoms with van der Waals surface area (Å²) in [6.45, 7) is 4.24. The third-order valence-electron chi connectivity index (χ3n) is 3.46. The highest BCUT2D eigenvalue weighted by Crippen LogP contribution is 2.27. The molecule has 2 atom stereocenters. The average molecular weight is 260 g/mol. The maximum Gasteiger partial charge on any atom is 0.307 e. The summed E-state index contributed by atoms with van der Waals surface area (Å²) in [6, 6.07) is 7.85. The first-order valence-electron chi connectivity index (χ1n) is 6.60. The van der Waals surface area contributed by atoms with E-state index in [0.29, 0.717) is 6.61 Å². The number of ether oxygens (including phenoxy) is 1. The zero-order chi connectivity index (χ0) is 13.8. The van der Waals surface area contributed by atoms with Gasteiger partial charge in [0.05, 0.1) is 13.0 Å². The summed E-state index contributed by atoms with van der Waals surface area (Å²) in [5.74, 6) is -0.137. The Morgan fingerprint density at radius 3 is 2.89 bits per heavy atom. The minimum Gasteiger partial charge on any atom is -0.466 e. The molecule has 1 heterocycles. The van der Waals surface area contributed by atoms with Gasteiger partial charge in [-0.2, -0.15) is 0 Å². The lowest BCUT2D eigenvalue weighted by atomic mass is 9.91. The number of nitrogens with two attached hydrogens (primary N) is 1. The first-order valence-corrected chi connectivity index (χ1v) is 6.60. The van der Waals surface area contributed by atoms with Crippen molar-refractivity contribution in [2.75, 3.05) is 6.61 Å². The number of para-hydroxylation sites is 1. The monoisotopic (exact) mass is 260 g/mol. The maximum atomic E-state index is 11.5. The van der Waals surface area contributed by atoms with E-state index in [2.05, 4.69) is 11.1 Å². The van der Waals surface area contributed by atoms with Crippen molar-refractivity contribution >= 4 is 16.9 Å². The van der Waals surface area contributed by atoms with Gasteiger partial charge in [-0.25, -0.2) is 0 Å². The molecule has 1 aromatic carbocycles. The number of rotatable bonds is 5. The summed E-state index contributed by atoms with van der Waals surface area (Å²) >= 11 is 0. The van der Waals surface area contributed by atoms with Crippen LogP contribution in [-0.4, -0.2) is 23.6 Å². The number of benzene rings is 1. The van der Waals surface area contributed by atoms with Crippen LogP contribution in [0.2, 0.25) is 0 Å². The summed E-state index contributed by atoms with van der Waals surface area (Å²) in [7, 11) is 0. The van der Waals surface area contributed by atoms with Gasteiger partial charge in [-0.1, -0.05) is 25.1 Å². The normalized spacial score (nSPS) is 14.3. The number of fused-ring (bicyclic) bond motifs is 1. The molecule has 1 aromatic heterocycles. The van der Waals surface area contributed by atoms with Crippen LogP contribution in [0.1, 0.15) is 31.7 Å². The lowest BCUT2D eigenvalue weighted by Gasteiger charge is -2.18. The van der Waals surface area contributed by atoms with Crippen LogP contribution < -0.4 is 5.73 Å². The van der Waals surface area contributed by atoms with Crippen LogP contribution in [0.15, 0.2) is 30.5 Å². The average Bonchev–Trinajstić information content (AvgIpc) is 2.81. The number of hydrogen-bond donors (Lipinski definition) is 2. The van der Waals surface area contributed by atoms with E-state index in [-0.39, 0.29) is 24.3 Å².